The number of allylic oxidation sites excluding steroid dienone is 7. The lowest BCUT2D eigenvalue weighted by atomic mass is 9.99. The summed E-state index contributed by atoms with van der Waals surface area (Å²) in [6.45, 7) is 5.83. The number of ether oxygens (including phenoxy) is 3. The van der Waals surface area contributed by atoms with E-state index in [1.165, 1.54) is 257 Å². The fourth-order valence-electron chi connectivity index (χ4n) is 12.2. The van der Waals surface area contributed by atoms with E-state index in [2.05, 4.69) is 62.5 Å². The van der Waals surface area contributed by atoms with Crippen molar-refractivity contribution in [1.29, 1.82) is 0 Å². The van der Waals surface area contributed by atoms with Crippen molar-refractivity contribution in [2.24, 2.45) is 0 Å². The largest absolute Gasteiger partial charge is 0.454 e. The van der Waals surface area contributed by atoms with Crippen molar-refractivity contribution < 1.29 is 49.3 Å². The average molecular weight is 1260 g/mol. The van der Waals surface area contributed by atoms with E-state index in [1.54, 1.807) is 6.08 Å². The number of esters is 1. The summed E-state index contributed by atoms with van der Waals surface area (Å²) in [5, 5.41) is 57.4. The minimum Gasteiger partial charge on any atom is -0.454 e. The normalized spacial score (nSPS) is 18.3. The Morgan fingerprint density at radius 2 is 0.775 bits per heavy atom. The van der Waals surface area contributed by atoms with Crippen LogP contribution in [-0.2, 0) is 23.8 Å². The molecule has 1 heterocycles. The van der Waals surface area contributed by atoms with Crippen LogP contribution in [0.25, 0.3) is 0 Å². The minimum atomic E-state index is -1.61. The van der Waals surface area contributed by atoms with E-state index >= 15 is 0 Å². The molecule has 0 radical (unpaired) electrons. The molecule has 1 amide bonds. The van der Waals surface area contributed by atoms with Gasteiger partial charge in [-0.15, -0.1) is 0 Å². The van der Waals surface area contributed by atoms with Crippen LogP contribution in [0.15, 0.2) is 48.6 Å². The van der Waals surface area contributed by atoms with Gasteiger partial charge < -0.3 is 45.1 Å². The Balaban J connectivity index is 2.53. The first-order chi connectivity index (χ1) is 43.7. The average Bonchev–Trinajstić information content (AvgIpc) is 3.11. The Morgan fingerprint density at radius 1 is 0.438 bits per heavy atom. The van der Waals surface area contributed by atoms with Crippen LogP contribution in [0.1, 0.15) is 374 Å². The van der Waals surface area contributed by atoms with Crippen molar-refractivity contribution in [2.45, 2.75) is 423 Å². The molecular formula is C78H145NO10. The molecule has 8 atom stereocenters. The van der Waals surface area contributed by atoms with Crippen LogP contribution in [0.3, 0.4) is 0 Å². The second-order valence-electron chi connectivity index (χ2n) is 26.7. The third-order valence-electron chi connectivity index (χ3n) is 18.2. The fourth-order valence-corrected chi connectivity index (χ4v) is 12.2. The Labute approximate surface area is 548 Å². The van der Waals surface area contributed by atoms with E-state index in [4.69, 9.17) is 14.2 Å². The van der Waals surface area contributed by atoms with Crippen molar-refractivity contribution in [3.63, 3.8) is 0 Å². The van der Waals surface area contributed by atoms with E-state index in [0.29, 0.717) is 19.3 Å². The van der Waals surface area contributed by atoms with Crippen LogP contribution in [-0.4, -0.2) is 99.6 Å². The molecule has 11 heteroatoms. The van der Waals surface area contributed by atoms with Gasteiger partial charge in [0, 0.05) is 6.42 Å². The lowest BCUT2D eigenvalue weighted by molar-refractivity contribution is -0.305. The topological polar surface area (TPSA) is 175 Å². The first-order valence-corrected chi connectivity index (χ1v) is 38.4. The smallest absolute Gasteiger partial charge is 0.306 e. The van der Waals surface area contributed by atoms with E-state index in [0.717, 1.165) is 70.6 Å². The maximum absolute atomic E-state index is 13.5. The van der Waals surface area contributed by atoms with Gasteiger partial charge in [0.2, 0.25) is 5.91 Å². The Kier molecular flexibility index (Phi) is 62.4. The zero-order chi connectivity index (χ0) is 64.6. The molecule has 0 spiro atoms. The molecule has 0 aromatic rings. The molecule has 0 saturated carbocycles. The van der Waals surface area contributed by atoms with Crippen LogP contribution >= 0.6 is 0 Å². The van der Waals surface area contributed by atoms with Crippen molar-refractivity contribution in [1.82, 2.24) is 5.32 Å². The zero-order valence-corrected chi connectivity index (χ0v) is 58.3. The van der Waals surface area contributed by atoms with E-state index in [9.17, 15) is 35.1 Å². The van der Waals surface area contributed by atoms with Gasteiger partial charge in [-0.1, -0.05) is 352 Å². The summed E-state index contributed by atoms with van der Waals surface area (Å²) in [7, 11) is 0. The Morgan fingerprint density at radius 3 is 1.18 bits per heavy atom. The molecular weight excluding hydrogens is 1110 g/mol. The second-order valence-corrected chi connectivity index (χ2v) is 26.7. The number of rotatable bonds is 67. The monoisotopic (exact) mass is 1260 g/mol. The predicted molar refractivity (Wildman–Crippen MR) is 375 cm³/mol. The van der Waals surface area contributed by atoms with Crippen molar-refractivity contribution in [3.8, 4) is 0 Å². The number of unbranched alkanes of at least 4 members (excludes halogenated alkanes) is 47. The van der Waals surface area contributed by atoms with E-state index in [-0.39, 0.29) is 13.0 Å². The summed E-state index contributed by atoms with van der Waals surface area (Å²) < 4.78 is 17.7. The number of aliphatic hydroxyl groups is 5. The fraction of sp³-hybridized carbons (Fsp3) is 0.872. The highest BCUT2D eigenvalue weighted by molar-refractivity contribution is 5.80. The number of aliphatic hydroxyl groups excluding tert-OH is 5. The second kappa shape index (κ2) is 65.7. The molecule has 11 nitrogen and oxygen atoms in total. The molecule has 0 aromatic carbocycles. The Hall–Kier alpha value is -2.38. The molecule has 1 aliphatic heterocycles. The highest BCUT2D eigenvalue weighted by Gasteiger charge is 2.47. The number of carbonyl (C=O) groups excluding carboxylic acids is 2. The number of carbonyl (C=O) groups is 2. The van der Waals surface area contributed by atoms with Crippen LogP contribution in [0, 0.1) is 0 Å². The summed E-state index contributed by atoms with van der Waals surface area (Å²) in [4.78, 5) is 26.7. The quantitative estimate of drug-likeness (QED) is 0.0195. The van der Waals surface area contributed by atoms with E-state index < -0.39 is 67.4 Å². The number of hydrogen-bond donors (Lipinski definition) is 6. The van der Waals surface area contributed by atoms with Gasteiger partial charge >= 0.3 is 5.97 Å². The van der Waals surface area contributed by atoms with Gasteiger partial charge in [0.25, 0.3) is 0 Å². The molecule has 1 saturated heterocycles. The maximum atomic E-state index is 13.5. The Bertz CT molecular complexity index is 1640. The van der Waals surface area contributed by atoms with Crippen LogP contribution in [0.2, 0.25) is 0 Å². The van der Waals surface area contributed by atoms with Gasteiger partial charge in [0.15, 0.2) is 12.4 Å². The predicted octanol–water partition coefficient (Wildman–Crippen LogP) is 20.3. The van der Waals surface area contributed by atoms with Crippen LogP contribution in [0.5, 0.6) is 0 Å². The lowest BCUT2D eigenvalue weighted by Crippen LogP contribution is -2.61. The standard InChI is InChI=1S/C78H145NO10/c1-4-7-10-13-16-19-22-25-27-29-31-33-34-35-36-37-39-40-42-44-47-50-53-56-59-62-65-71(82)77(86)79-69(70(81)64-61-58-55-52-49-46-24-21-18-15-12-9-6-3)68-87-78-76(75(85)74(84)72(67-80)88-78)89-73(83)66-63-60-57-54-51-48-45-43-41-38-32-30-28-26-23-20-17-14-11-8-5-2/h16,19,25,27,31,33,61,64,69-72,74-76,78,80-82,84-85H,4-15,17-18,20-24,26,28-30,32,34-60,62-63,65-68H2,1-3H3,(H,79,86)/b19-16-,27-25-,33-31-,64-61+. The van der Waals surface area contributed by atoms with Gasteiger partial charge in [-0.2, -0.15) is 0 Å². The lowest BCUT2D eigenvalue weighted by Gasteiger charge is -2.41. The van der Waals surface area contributed by atoms with Gasteiger partial charge in [0.05, 0.1) is 25.4 Å². The van der Waals surface area contributed by atoms with Crippen molar-refractivity contribution in [2.75, 3.05) is 13.2 Å². The van der Waals surface area contributed by atoms with E-state index in [1.807, 2.05) is 6.08 Å². The van der Waals surface area contributed by atoms with Crippen LogP contribution < -0.4 is 5.32 Å². The molecule has 1 rings (SSSR count). The van der Waals surface area contributed by atoms with Gasteiger partial charge in [0.1, 0.15) is 24.4 Å². The van der Waals surface area contributed by atoms with Gasteiger partial charge in [-0.3, -0.25) is 9.59 Å². The summed E-state index contributed by atoms with van der Waals surface area (Å²) >= 11 is 0. The van der Waals surface area contributed by atoms with Crippen molar-refractivity contribution >= 4 is 11.9 Å². The molecule has 6 N–H and O–H groups in total. The highest BCUT2D eigenvalue weighted by atomic mass is 16.7. The summed E-state index contributed by atoms with van der Waals surface area (Å²) in [6.07, 6.45) is 73.0. The number of nitrogens with one attached hydrogen (secondary N) is 1. The first-order valence-electron chi connectivity index (χ1n) is 38.4. The molecule has 8 unspecified atom stereocenters. The third-order valence-corrected chi connectivity index (χ3v) is 18.2. The van der Waals surface area contributed by atoms with Gasteiger partial charge in [-0.25, -0.2) is 0 Å². The first kappa shape index (κ1) is 84.6. The van der Waals surface area contributed by atoms with Crippen LogP contribution in [0.4, 0.5) is 0 Å². The molecule has 0 aliphatic carbocycles. The zero-order valence-electron chi connectivity index (χ0n) is 58.3. The van der Waals surface area contributed by atoms with Crippen molar-refractivity contribution in [3.05, 3.63) is 48.6 Å². The highest BCUT2D eigenvalue weighted by Crippen LogP contribution is 2.27. The number of hydrogen-bond acceptors (Lipinski definition) is 10. The minimum absolute atomic E-state index is 0.129. The third kappa shape index (κ3) is 52.7. The SMILES string of the molecule is CCCCC/C=C\C/C=C\C/C=C\CCCCCCCCCCCCCCCC(O)C(=O)NC(COC1OC(CO)C(O)C(O)C1OC(=O)CCCCCCCCCCCCCCCCCCCCCCC)C(O)/C=C/CCCCCCCCCCCCC. The molecule has 0 aromatic heterocycles. The molecule has 1 fully saturated rings. The molecule has 89 heavy (non-hydrogen) atoms. The van der Waals surface area contributed by atoms with Gasteiger partial charge in [-0.05, 0) is 64.2 Å². The number of amides is 1. The molecule has 1 aliphatic rings. The maximum Gasteiger partial charge on any atom is 0.306 e. The summed E-state index contributed by atoms with van der Waals surface area (Å²) in [6, 6.07) is -1.02. The summed E-state index contributed by atoms with van der Waals surface area (Å²) in [5.41, 5.74) is 0. The molecule has 0 bridgehead atoms. The molecule has 522 valence electrons. The summed E-state index contributed by atoms with van der Waals surface area (Å²) in [5.74, 6) is -1.18.